The van der Waals surface area contributed by atoms with Gasteiger partial charge < -0.3 is 15.4 Å². The first-order chi connectivity index (χ1) is 9.90. The topological polar surface area (TPSA) is 102 Å². The standard InChI is InChI=1S/C14H11FN2O4/c15-11-6-8(12(16)18)3-4-9(11)7-17-5-1-2-10(13(17)19)14(20)21/h1-6H,7H2,(H2,16,18)(H,20,21). The summed E-state index contributed by atoms with van der Waals surface area (Å²) in [6, 6.07) is 6.21. The van der Waals surface area contributed by atoms with E-state index in [1.165, 1.54) is 30.5 Å². The van der Waals surface area contributed by atoms with E-state index in [0.717, 1.165) is 10.6 Å². The van der Waals surface area contributed by atoms with Crippen molar-refractivity contribution in [1.29, 1.82) is 0 Å². The van der Waals surface area contributed by atoms with Crippen molar-refractivity contribution in [3.05, 3.63) is 69.4 Å². The van der Waals surface area contributed by atoms with Crippen molar-refractivity contribution in [2.45, 2.75) is 6.54 Å². The van der Waals surface area contributed by atoms with Crippen LogP contribution in [0.25, 0.3) is 0 Å². The van der Waals surface area contributed by atoms with Gasteiger partial charge in [0.25, 0.3) is 5.56 Å². The number of halogens is 1. The number of carbonyl (C=O) groups excluding carboxylic acids is 1. The second-order valence-electron chi connectivity index (χ2n) is 4.33. The van der Waals surface area contributed by atoms with Crippen LogP contribution in [0.1, 0.15) is 26.3 Å². The molecule has 0 aliphatic heterocycles. The van der Waals surface area contributed by atoms with E-state index in [1.54, 1.807) is 0 Å². The molecule has 1 heterocycles. The summed E-state index contributed by atoms with van der Waals surface area (Å²) in [5.74, 6) is -2.80. The van der Waals surface area contributed by atoms with Crippen LogP contribution in [-0.2, 0) is 6.54 Å². The molecule has 0 fully saturated rings. The zero-order valence-electron chi connectivity index (χ0n) is 10.7. The van der Waals surface area contributed by atoms with E-state index in [1.807, 2.05) is 0 Å². The molecule has 3 N–H and O–H groups in total. The van der Waals surface area contributed by atoms with E-state index < -0.39 is 28.8 Å². The SMILES string of the molecule is NC(=O)c1ccc(Cn2cccc(C(=O)O)c2=O)c(F)c1. The van der Waals surface area contributed by atoms with Crippen molar-refractivity contribution in [1.82, 2.24) is 4.57 Å². The van der Waals surface area contributed by atoms with Crippen LogP contribution in [-0.4, -0.2) is 21.6 Å². The molecule has 0 atom stereocenters. The smallest absolute Gasteiger partial charge is 0.341 e. The Kier molecular flexibility index (Phi) is 3.84. The summed E-state index contributed by atoms with van der Waals surface area (Å²) < 4.78 is 14.9. The highest BCUT2D eigenvalue weighted by Gasteiger charge is 2.12. The van der Waals surface area contributed by atoms with Gasteiger partial charge in [-0.2, -0.15) is 0 Å². The number of benzene rings is 1. The third kappa shape index (κ3) is 2.97. The average Bonchev–Trinajstić information content (AvgIpc) is 2.42. The number of hydrogen-bond donors (Lipinski definition) is 2. The highest BCUT2D eigenvalue weighted by atomic mass is 19.1. The summed E-state index contributed by atoms with van der Waals surface area (Å²) in [6.07, 6.45) is 1.36. The maximum atomic E-state index is 13.8. The maximum absolute atomic E-state index is 13.8. The van der Waals surface area contributed by atoms with Crippen molar-refractivity contribution >= 4 is 11.9 Å². The van der Waals surface area contributed by atoms with E-state index >= 15 is 0 Å². The summed E-state index contributed by atoms with van der Waals surface area (Å²) in [5, 5.41) is 8.87. The molecule has 1 aromatic carbocycles. The number of amides is 1. The lowest BCUT2D eigenvalue weighted by atomic mass is 10.1. The van der Waals surface area contributed by atoms with Crippen LogP contribution in [0.15, 0.2) is 41.3 Å². The molecule has 0 saturated heterocycles. The number of aromatic nitrogens is 1. The third-order valence-corrected chi connectivity index (χ3v) is 2.93. The Morgan fingerprint density at radius 3 is 2.57 bits per heavy atom. The number of rotatable bonds is 4. The molecule has 0 unspecified atom stereocenters. The number of nitrogens with zero attached hydrogens (tertiary/aromatic N) is 1. The number of primary amides is 1. The van der Waals surface area contributed by atoms with Crippen LogP contribution in [0, 0.1) is 5.82 Å². The van der Waals surface area contributed by atoms with Gasteiger partial charge in [0.15, 0.2) is 0 Å². The quantitative estimate of drug-likeness (QED) is 0.870. The Morgan fingerprint density at radius 1 is 1.29 bits per heavy atom. The lowest BCUT2D eigenvalue weighted by Crippen LogP contribution is -2.26. The molecular weight excluding hydrogens is 279 g/mol. The van der Waals surface area contributed by atoms with E-state index in [-0.39, 0.29) is 17.7 Å². The predicted octanol–water partition coefficient (Wildman–Crippen LogP) is 0.833. The van der Waals surface area contributed by atoms with Gasteiger partial charge >= 0.3 is 5.97 Å². The number of carboxylic acids is 1. The third-order valence-electron chi connectivity index (χ3n) is 2.93. The monoisotopic (exact) mass is 290 g/mol. The molecule has 21 heavy (non-hydrogen) atoms. The molecule has 0 aliphatic carbocycles. The van der Waals surface area contributed by atoms with Gasteiger partial charge in [-0.3, -0.25) is 9.59 Å². The average molecular weight is 290 g/mol. The Morgan fingerprint density at radius 2 is 2.00 bits per heavy atom. The fourth-order valence-corrected chi connectivity index (χ4v) is 1.84. The van der Waals surface area contributed by atoms with Gasteiger partial charge in [0.05, 0.1) is 6.54 Å². The molecule has 0 aliphatic rings. The second-order valence-corrected chi connectivity index (χ2v) is 4.33. The Labute approximate surface area is 118 Å². The van der Waals surface area contributed by atoms with E-state index in [2.05, 4.69) is 0 Å². The first kappa shape index (κ1) is 14.4. The van der Waals surface area contributed by atoms with Gasteiger partial charge in [-0.05, 0) is 24.3 Å². The molecule has 1 aromatic heterocycles. The molecule has 0 radical (unpaired) electrons. The molecule has 108 valence electrons. The fourth-order valence-electron chi connectivity index (χ4n) is 1.84. The minimum absolute atomic E-state index is 0.0166. The molecule has 7 heteroatoms. The molecule has 0 spiro atoms. The van der Waals surface area contributed by atoms with Gasteiger partial charge in [0, 0.05) is 17.3 Å². The lowest BCUT2D eigenvalue weighted by Gasteiger charge is -2.08. The van der Waals surface area contributed by atoms with Gasteiger partial charge in [-0.1, -0.05) is 6.07 Å². The number of carboxylic acid groups (broad SMARTS) is 1. The van der Waals surface area contributed by atoms with Gasteiger partial charge in [-0.15, -0.1) is 0 Å². The highest BCUT2D eigenvalue weighted by molar-refractivity contribution is 5.92. The molecule has 6 nitrogen and oxygen atoms in total. The fraction of sp³-hybridized carbons (Fsp3) is 0.0714. The van der Waals surface area contributed by atoms with Crippen molar-refractivity contribution in [3.63, 3.8) is 0 Å². The van der Waals surface area contributed by atoms with E-state index in [4.69, 9.17) is 10.8 Å². The largest absolute Gasteiger partial charge is 0.477 e. The lowest BCUT2D eigenvalue weighted by molar-refractivity contribution is 0.0694. The van der Waals surface area contributed by atoms with Crippen LogP contribution in [0.3, 0.4) is 0 Å². The van der Waals surface area contributed by atoms with Gasteiger partial charge in [0.2, 0.25) is 5.91 Å². The first-order valence-electron chi connectivity index (χ1n) is 5.91. The minimum atomic E-state index is -1.35. The molecular formula is C14H11FN2O4. The molecule has 0 bridgehead atoms. The van der Waals surface area contributed by atoms with E-state index in [0.29, 0.717) is 0 Å². The Bertz CT molecular complexity index is 783. The zero-order chi connectivity index (χ0) is 15.6. The summed E-state index contributed by atoms with van der Waals surface area (Å²) in [5.41, 5.74) is 4.07. The van der Waals surface area contributed by atoms with E-state index in [9.17, 15) is 18.8 Å². The van der Waals surface area contributed by atoms with Crippen LogP contribution in [0.2, 0.25) is 0 Å². The molecule has 1 amide bonds. The summed E-state index contributed by atoms with van der Waals surface area (Å²) >= 11 is 0. The number of nitrogens with two attached hydrogens (primary N) is 1. The highest BCUT2D eigenvalue weighted by Crippen LogP contribution is 2.11. The normalized spacial score (nSPS) is 10.3. The van der Waals surface area contributed by atoms with Crippen LogP contribution >= 0.6 is 0 Å². The van der Waals surface area contributed by atoms with Crippen LogP contribution < -0.4 is 11.3 Å². The molecule has 0 saturated carbocycles. The van der Waals surface area contributed by atoms with Crippen LogP contribution in [0.4, 0.5) is 4.39 Å². The summed E-state index contributed by atoms with van der Waals surface area (Å²) in [6.45, 7) is -0.148. The number of hydrogen-bond acceptors (Lipinski definition) is 3. The van der Waals surface area contributed by atoms with Crippen molar-refractivity contribution in [2.75, 3.05) is 0 Å². The summed E-state index contributed by atoms with van der Waals surface area (Å²) in [7, 11) is 0. The summed E-state index contributed by atoms with van der Waals surface area (Å²) in [4.78, 5) is 33.7. The van der Waals surface area contributed by atoms with Crippen LogP contribution in [0.5, 0.6) is 0 Å². The minimum Gasteiger partial charge on any atom is -0.477 e. The second kappa shape index (κ2) is 5.58. The van der Waals surface area contributed by atoms with Gasteiger partial charge in [-0.25, -0.2) is 9.18 Å². The Balaban J connectivity index is 2.39. The molecule has 2 rings (SSSR count). The zero-order valence-corrected chi connectivity index (χ0v) is 10.7. The van der Waals surface area contributed by atoms with Gasteiger partial charge in [0.1, 0.15) is 11.4 Å². The Hall–Kier alpha value is -2.96. The van der Waals surface area contributed by atoms with Crippen molar-refractivity contribution in [3.8, 4) is 0 Å². The predicted molar refractivity (Wildman–Crippen MR) is 71.7 cm³/mol. The van der Waals surface area contributed by atoms with Crippen molar-refractivity contribution in [2.24, 2.45) is 5.73 Å². The maximum Gasteiger partial charge on any atom is 0.341 e. The number of aromatic carboxylic acids is 1. The number of pyridine rings is 1. The first-order valence-corrected chi connectivity index (χ1v) is 5.91. The van der Waals surface area contributed by atoms with Crippen molar-refractivity contribution < 1.29 is 19.1 Å². The number of carbonyl (C=O) groups is 2. The molecule has 2 aromatic rings.